The Bertz CT molecular complexity index is 708. The smallest absolute Gasteiger partial charge is 0.193 e. The third-order valence-electron chi connectivity index (χ3n) is 4.03. The highest BCUT2D eigenvalue weighted by molar-refractivity contribution is 7.99. The van der Waals surface area contributed by atoms with E-state index in [4.69, 9.17) is 12.2 Å². The van der Waals surface area contributed by atoms with Gasteiger partial charge in [0.05, 0.1) is 0 Å². The van der Waals surface area contributed by atoms with Gasteiger partial charge in [0.25, 0.3) is 0 Å². The number of nitrogens with zero attached hydrogens (tertiary/aromatic N) is 1. The molecule has 3 rings (SSSR count). The molecule has 4 heteroatoms. The second-order valence-corrected chi connectivity index (χ2v) is 7.08. The molecule has 0 spiro atoms. The highest BCUT2D eigenvalue weighted by Gasteiger charge is 2.14. The van der Waals surface area contributed by atoms with Crippen molar-refractivity contribution in [3.8, 4) is 0 Å². The van der Waals surface area contributed by atoms with E-state index < -0.39 is 0 Å². The maximum atomic E-state index is 12.8. The Hall–Kier alpha value is -1.49. The summed E-state index contributed by atoms with van der Waals surface area (Å²) in [5.74, 6) is 2.43. The van der Waals surface area contributed by atoms with Crippen LogP contribution in [0.3, 0.4) is 0 Å². The van der Waals surface area contributed by atoms with E-state index in [2.05, 4.69) is 11.0 Å². The predicted octanol–water partition coefficient (Wildman–Crippen LogP) is 3.81. The van der Waals surface area contributed by atoms with E-state index in [0.29, 0.717) is 5.56 Å². The van der Waals surface area contributed by atoms with E-state index in [-0.39, 0.29) is 5.78 Å². The number of ketones is 1. The molecule has 118 valence electrons. The first-order valence-electron chi connectivity index (χ1n) is 7.76. The normalized spacial score (nSPS) is 15.3. The van der Waals surface area contributed by atoms with Gasteiger partial charge in [-0.1, -0.05) is 54.7 Å². The van der Waals surface area contributed by atoms with Crippen LogP contribution in [0.15, 0.2) is 48.5 Å². The quantitative estimate of drug-likeness (QED) is 0.608. The third kappa shape index (κ3) is 4.08. The van der Waals surface area contributed by atoms with E-state index in [1.807, 2.05) is 54.2 Å². The van der Waals surface area contributed by atoms with Crippen molar-refractivity contribution in [1.82, 2.24) is 4.90 Å². The Morgan fingerprint density at radius 3 is 2.70 bits per heavy atom. The second-order valence-electron chi connectivity index (χ2n) is 5.62. The fraction of sp³-hybridized carbons (Fsp3) is 0.263. The SMILES string of the molecule is O=C(c1cccc(CN2CCSCC2)c1)c1ccccc1C=S. The first-order chi connectivity index (χ1) is 11.3. The average Bonchev–Trinajstić information content (AvgIpc) is 2.62. The van der Waals surface area contributed by atoms with Gasteiger partial charge in [-0.3, -0.25) is 9.69 Å². The van der Waals surface area contributed by atoms with Gasteiger partial charge < -0.3 is 0 Å². The fourth-order valence-electron chi connectivity index (χ4n) is 2.79. The lowest BCUT2D eigenvalue weighted by Gasteiger charge is -2.26. The van der Waals surface area contributed by atoms with Crippen molar-refractivity contribution in [2.75, 3.05) is 24.6 Å². The van der Waals surface area contributed by atoms with Crippen LogP contribution in [-0.4, -0.2) is 40.6 Å². The Morgan fingerprint density at radius 1 is 1.13 bits per heavy atom. The molecule has 0 bridgehead atoms. The lowest BCUT2D eigenvalue weighted by atomic mass is 9.98. The van der Waals surface area contributed by atoms with Crippen LogP contribution in [0.5, 0.6) is 0 Å². The standard InChI is InChI=1S/C19H19NOS2/c21-19(18-7-2-1-5-17(18)14-22)16-6-3-4-15(12-16)13-20-8-10-23-11-9-20/h1-7,12,14H,8-11,13H2. The molecule has 0 amide bonds. The molecular formula is C19H19NOS2. The Labute approximate surface area is 146 Å². The van der Waals surface area contributed by atoms with Crippen molar-refractivity contribution in [1.29, 1.82) is 0 Å². The highest BCUT2D eigenvalue weighted by atomic mass is 32.2. The summed E-state index contributed by atoms with van der Waals surface area (Å²) in [6, 6.07) is 15.5. The van der Waals surface area contributed by atoms with E-state index in [0.717, 1.165) is 30.8 Å². The van der Waals surface area contributed by atoms with Gasteiger partial charge in [0.2, 0.25) is 0 Å². The molecule has 0 atom stereocenters. The summed E-state index contributed by atoms with van der Waals surface area (Å²) < 4.78 is 0. The van der Waals surface area contributed by atoms with Crippen LogP contribution in [0.1, 0.15) is 27.0 Å². The molecular weight excluding hydrogens is 322 g/mol. The zero-order chi connectivity index (χ0) is 16.1. The molecule has 1 heterocycles. The minimum absolute atomic E-state index is 0.0396. The summed E-state index contributed by atoms with van der Waals surface area (Å²) >= 11 is 7.03. The predicted molar refractivity (Wildman–Crippen MR) is 102 cm³/mol. The molecule has 0 saturated carbocycles. The molecule has 0 radical (unpaired) electrons. The zero-order valence-electron chi connectivity index (χ0n) is 12.9. The first-order valence-corrected chi connectivity index (χ1v) is 9.38. The molecule has 0 aliphatic carbocycles. The summed E-state index contributed by atoms with van der Waals surface area (Å²) in [6.07, 6.45) is 0. The maximum absolute atomic E-state index is 12.8. The van der Waals surface area contributed by atoms with Crippen LogP contribution in [0.2, 0.25) is 0 Å². The highest BCUT2D eigenvalue weighted by Crippen LogP contribution is 2.17. The van der Waals surface area contributed by atoms with Crippen molar-refractivity contribution in [3.05, 3.63) is 70.8 Å². The number of hydrogen-bond acceptors (Lipinski definition) is 4. The lowest BCUT2D eigenvalue weighted by Crippen LogP contribution is -2.32. The van der Waals surface area contributed by atoms with Crippen molar-refractivity contribution < 1.29 is 4.79 Å². The van der Waals surface area contributed by atoms with Crippen molar-refractivity contribution in [3.63, 3.8) is 0 Å². The van der Waals surface area contributed by atoms with E-state index in [1.54, 1.807) is 5.37 Å². The number of rotatable bonds is 5. The first kappa shape index (κ1) is 16.4. The Balaban J connectivity index is 1.81. The molecule has 2 aromatic carbocycles. The molecule has 1 aliphatic rings. The Kier molecular flexibility index (Phi) is 5.60. The van der Waals surface area contributed by atoms with Gasteiger partial charge in [-0.2, -0.15) is 11.8 Å². The topological polar surface area (TPSA) is 20.3 Å². The number of thioether (sulfide) groups is 1. The molecule has 0 aromatic heterocycles. The van der Waals surface area contributed by atoms with Gasteiger partial charge in [-0.25, -0.2) is 0 Å². The van der Waals surface area contributed by atoms with Crippen LogP contribution in [-0.2, 0) is 6.54 Å². The van der Waals surface area contributed by atoms with Gasteiger partial charge in [-0.15, -0.1) is 0 Å². The van der Waals surface area contributed by atoms with Gasteiger partial charge in [0.15, 0.2) is 5.78 Å². The number of hydrogen-bond donors (Lipinski definition) is 0. The van der Waals surface area contributed by atoms with Crippen LogP contribution >= 0.6 is 24.0 Å². The minimum atomic E-state index is 0.0396. The summed E-state index contributed by atoms with van der Waals surface area (Å²) in [6.45, 7) is 3.16. The van der Waals surface area contributed by atoms with E-state index in [1.165, 1.54) is 17.1 Å². The van der Waals surface area contributed by atoms with Crippen molar-refractivity contribution in [2.24, 2.45) is 0 Å². The summed E-state index contributed by atoms with van der Waals surface area (Å²) in [5.41, 5.74) is 3.42. The monoisotopic (exact) mass is 341 g/mol. The lowest BCUT2D eigenvalue weighted by molar-refractivity contribution is 0.103. The third-order valence-corrected chi connectivity index (χ3v) is 5.23. The molecule has 23 heavy (non-hydrogen) atoms. The molecule has 0 N–H and O–H groups in total. The van der Waals surface area contributed by atoms with E-state index in [9.17, 15) is 4.79 Å². The van der Waals surface area contributed by atoms with E-state index >= 15 is 0 Å². The second kappa shape index (κ2) is 7.86. The van der Waals surface area contributed by atoms with Gasteiger partial charge in [0.1, 0.15) is 0 Å². The maximum Gasteiger partial charge on any atom is 0.193 e. The van der Waals surface area contributed by atoms with Gasteiger partial charge in [-0.05, 0) is 17.2 Å². The summed E-state index contributed by atoms with van der Waals surface area (Å²) in [4.78, 5) is 15.2. The zero-order valence-corrected chi connectivity index (χ0v) is 14.5. The number of carbonyl (C=O) groups is 1. The molecule has 2 aromatic rings. The van der Waals surface area contributed by atoms with Gasteiger partial charge in [0, 0.05) is 47.6 Å². The summed E-state index contributed by atoms with van der Waals surface area (Å²) in [7, 11) is 0. The van der Waals surface area contributed by atoms with Crippen LogP contribution in [0.25, 0.3) is 0 Å². The number of benzene rings is 2. The van der Waals surface area contributed by atoms with Crippen LogP contribution in [0, 0.1) is 0 Å². The van der Waals surface area contributed by atoms with Crippen molar-refractivity contribution >= 4 is 35.1 Å². The molecule has 1 fully saturated rings. The van der Waals surface area contributed by atoms with Crippen LogP contribution in [0.4, 0.5) is 0 Å². The van der Waals surface area contributed by atoms with Crippen molar-refractivity contribution in [2.45, 2.75) is 6.54 Å². The average molecular weight is 342 g/mol. The number of carbonyl (C=O) groups excluding carboxylic acids is 1. The number of thiocarbonyl (C=S) groups is 1. The molecule has 0 unspecified atom stereocenters. The molecule has 1 aliphatic heterocycles. The van der Waals surface area contributed by atoms with Gasteiger partial charge >= 0.3 is 0 Å². The molecule has 1 saturated heterocycles. The fourth-order valence-corrected chi connectivity index (χ4v) is 3.97. The Morgan fingerprint density at radius 2 is 1.91 bits per heavy atom. The van der Waals surface area contributed by atoms with Crippen LogP contribution < -0.4 is 0 Å². The molecule has 2 nitrogen and oxygen atoms in total. The summed E-state index contributed by atoms with van der Waals surface area (Å²) in [5, 5.41) is 1.57. The minimum Gasteiger partial charge on any atom is -0.297 e. The largest absolute Gasteiger partial charge is 0.297 e.